The van der Waals surface area contributed by atoms with Gasteiger partial charge in [-0.2, -0.15) is 0 Å². The predicted octanol–water partition coefficient (Wildman–Crippen LogP) is 1.77. The topological polar surface area (TPSA) is 50.4 Å². The second-order valence-corrected chi connectivity index (χ2v) is 5.42. The van der Waals surface area contributed by atoms with E-state index >= 15 is 0 Å². The largest absolute Gasteiger partial charge is 0.368 e. The predicted molar refractivity (Wildman–Crippen MR) is 80.0 cm³/mol. The van der Waals surface area contributed by atoms with Gasteiger partial charge in [0.2, 0.25) is 5.91 Å². The van der Waals surface area contributed by atoms with Gasteiger partial charge in [-0.3, -0.25) is 4.79 Å². The molecule has 2 N–H and O–H groups in total. The average molecular weight is 297 g/mol. The Morgan fingerprint density at radius 1 is 1.30 bits per heavy atom. The summed E-state index contributed by atoms with van der Waals surface area (Å²) in [5, 5.41) is 6.87. The fourth-order valence-corrected chi connectivity index (χ4v) is 2.33. The number of piperidine rings is 1. The van der Waals surface area contributed by atoms with Crippen molar-refractivity contribution in [3.63, 3.8) is 0 Å². The SMILES string of the molecule is O=C(COC1CCNCC1)NCCc1ccc(Cl)cc1. The standard InChI is InChI=1S/C15H21ClN2O2/c16-13-3-1-12(2-4-13)5-10-18-15(19)11-20-14-6-8-17-9-7-14/h1-4,14,17H,5-11H2,(H,18,19). The molecule has 5 heteroatoms. The third-order valence-corrected chi connectivity index (χ3v) is 3.64. The Balaban J connectivity index is 1.58. The molecule has 1 saturated heterocycles. The third-order valence-electron chi connectivity index (χ3n) is 3.39. The first-order chi connectivity index (χ1) is 9.74. The summed E-state index contributed by atoms with van der Waals surface area (Å²) < 4.78 is 5.59. The molecule has 0 unspecified atom stereocenters. The Morgan fingerprint density at radius 3 is 2.70 bits per heavy atom. The van der Waals surface area contributed by atoms with Crippen molar-refractivity contribution >= 4 is 17.5 Å². The minimum Gasteiger partial charge on any atom is -0.368 e. The number of nitrogens with one attached hydrogen (secondary N) is 2. The van der Waals surface area contributed by atoms with Crippen LogP contribution >= 0.6 is 11.6 Å². The monoisotopic (exact) mass is 296 g/mol. The van der Waals surface area contributed by atoms with Crippen LogP contribution in [0.4, 0.5) is 0 Å². The lowest BCUT2D eigenvalue weighted by Crippen LogP contribution is -2.36. The molecule has 4 nitrogen and oxygen atoms in total. The molecular weight excluding hydrogens is 276 g/mol. The van der Waals surface area contributed by atoms with E-state index in [0.717, 1.165) is 42.9 Å². The van der Waals surface area contributed by atoms with Gasteiger partial charge in [0.1, 0.15) is 6.61 Å². The number of halogens is 1. The third kappa shape index (κ3) is 5.49. The lowest BCUT2D eigenvalue weighted by atomic mass is 10.1. The molecule has 20 heavy (non-hydrogen) atoms. The first kappa shape index (κ1) is 15.3. The maximum atomic E-state index is 11.7. The molecule has 1 fully saturated rings. The van der Waals surface area contributed by atoms with E-state index in [9.17, 15) is 4.79 Å². The molecule has 0 bridgehead atoms. The number of amides is 1. The van der Waals surface area contributed by atoms with Crippen LogP contribution in [0.3, 0.4) is 0 Å². The van der Waals surface area contributed by atoms with Gasteiger partial charge in [-0.1, -0.05) is 23.7 Å². The summed E-state index contributed by atoms with van der Waals surface area (Å²) in [7, 11) is 0. The van der Waals surface area contributed by atoms with Gasteiger partial charge in [-0.15, -0.1) is 0 Å². The number of ether oxygens (including phenoxy) is 1. The Labute approximate surface area is 124 Å². The van der Waals surface area contributed by atoms with Crippen LogP contribution in [0, 0.1) is 0 Å². The van der Waals surface area contributed by atoms with Crippen LogP contribution in [0.1, 0.15) is 18.4 Å². The highest BCUT2D eigenvalue weighted by atomic mass is 35.5. The molecule has 1 heterocycles. The van der Waals surface area contributed by atoms with Crippen LogP contribution in [-0.2, 0) is 16.0 Å². The Bertz CT molecular complexity index is 416. The summed E-state index contributed by atoms with van der Waals surface area (Å²) in [5.41, 5.74) is 1.16. The fourth-order valence-electron chi connectivity index (χ4n) is 2.20. The van der Waals surface area contributed by atoms with E-state index in [4.69, 9.17) is 16.3 Å². The van der Waals surface area contributed by atoms with Gasteiger partial charge in [-0.05, 0) is 50.0 Å². The van der Waals surface area contributed by atoms with Crippen LogP contribution in [-0.4, -0.2) is 38.3 Å². The molecule has 0 aliphatic carbocycles. The van der Waals surface area contributed by atoms with Crippen molar-refractivity contribution in [1.82, 2.24) is 10.6 Å². The van der Waals surface area contributed by atoms with Crippen LogP contribution in [0.5, 0.6) is 0 Å². The maximum Gasteiger partial charge on any atom is 0.246 e. The molecule has 1 aromatic carbocycles. The van der Waals surface area contributed by atoms with Crippen LogP contribution in [0.15, 0.2) is 24.3 Å². The number of rotatable bonds is 6. The van der Waals surface area contributed by atoms with Gasteiger partial charge >= 0.3 is 0 Å². The van der Waals surface area contributed by atoms with Crippen LogP contribution in [0.25, 0.3) is 0 Å². The minimum atomic E-state index is -0.0440. The Kier molecular flexibility index (Phi) is 6.30. The van der Waals surface area contributed by atoms with Crippen molar-refractivity contribution < 1.29 is 9.53 Å². The van der Waals surface area contributed by atoms with E-state index in [-0.39, 0.29) is 18.6 Å². The van der Waals surface area contributed by atoms with E-state index in [1.54, 1.807) is 0 Å². The molecule has 2 rings (SSSR count). The molecule has 1 aromatic rings. The van der Waals surface area contributed by atoms with Gasteiger partial charge in [0.15, 0.2) is 0 Å². The highest BCUT2D eigenvalue weighted by Crippen LogP contribution is 2.09. The number of carbonyl (C=O) groups is 1. The summed E-state index contributed by atoms with van der Waals surface area (Å²) in [6, 6.07) is 7.66. The fraction of sp³-hybridized carbons (Fsp3) is 0.533. The number of benzene rings is 1. The summed E-state index contributed by atoms with van der Waals surface area (Å²) >= 11 is 5.82. The number of carbonyl (C=O) groups excluding carboxylic acids is 1. The zero-order valence-corrected chi connectivity index (χ0v) is 12.3. The van der Waals surface area contributed by atoms with Crippen molar-refractivity contribution in [2.45, 2.75) is 25.4 Å². The molecule has 1 aliphatic rings. The van der Waals surface area contributed by atoms with E-state index in [2.05, 4.69) is 10.6 Å². The van der Waals surface area contributed by atoms with E-state index in [1.165, 1.54) is 0 Å². The second kappa shape index (κ2) is 8.25. The summed E-state index contributed by atoms with van der Waals surface area (Å²) in [6.07, 6.45) is 2.99. The maximum absolute atomic E-state index is 11.7. The lowest BCUT2D eigenvalue weighted by Gasteiger charge is -2.22. The van der Waals surface area contributed by atoms with Gasteiger partial charge in [0.25, 0.3) is 0 Å². The molecular formula is C15H21ClN2O2. The molecule has 1 aliphatic heterocycles. The molecule has 0 saturated carbocycles. The molecule has 0 spiro atoms. The van der Waals surface area contributed by atoms with Crippen LogP contribution < -0.4 is 10.6 Å². The van der Waals surface area contributed by atoms with E-state index in [1.807, 2.05) is 24.3 Å². The first-order valence-corrected chi connectivity index (χ1v) is 7.45. The molecule has 0 atom stereocenters. The van der Waals surface area contributed by atoms with Gasteiger partial charge in [0.05, 0.1) is 6.10 Å². The smallest absolute Gasteiger partial charge is 0.246 e. The average Bonchev–Trinajstić information content (AvgIpc) is 2.48. The summed E-state index contributed by atoms with van der Waals surface area (Å²) in [4.78, 5) is 11.7. The van der Waals surface area contributed by atoms with Crippen molar-refractivity contribution in [2.75, 3.05) is 26.2 Å². The zero-order valence-electron chi connectivity index (χ0n) is 11.5. The summed E-state index contributed by atoms with van der Waals surface area (Å²) in [5.74, 6) is -0.0440. The van der Waals surface area contributed by atoms with Crippen molar-refractivity contribution in [2.24, 2.45) is 0 Å². The molecule has 0 aromatic heterocycles. The summed E-state index contributed by atoms with van der Waals surface area (Å²) in [6.45, 7) is 2.73. The van der Waals surface area contributed by atoms with Gasteiger partial charge < -0.3 is 15.4 Å². The van der Waals surface area contributed by atoms with Crippen LogP contribution in [0.2, 0.25) is 5.02 Å². The lowest BCUT2D eigenvalue weighted by molar-refractivity contribution is -0.128. The quantitative estimate of drug-likeness (QED) is 0.841. The highest BCUT2D eigenvalue weighted by molar-refractivity contribution is 6.30. The van der Waals surface area contributed by atoms with Crippen molar-refractivity contribution in [3.8, 4) is 0 Å². The number of hydrogen-bond donors (Lipinski definition) is 2. The normalized spacial score (nSPS) is 16.1. The van der Waals surface area contributed by atoms with E-state index in [0.29, 0.717) is 6.54 Å². The molecule has 0 radical (unpaired) electrons. The number of hydrogen-bond acceptors (Lipinski definition) is 3. The second-order valence-electron chi connectivity index (χ2n) is 4.99. The van der Waals surface area contributed by atoms with Crippen molar-refractivity contribution in [1.29, 1.82) is 0 Å². The van der Waals surface area contributed by atoms with Gasteiger partial charge in [-0.25, -0.2) is 0 Å². The Morgan fingerprint density at radius 2 is 2.00 bits per heavy atom. The zero-order chi connectivity index (χ0) is 14.2. The highest BCUT2D eigenvalue weighted by Gasteiger charge is 2.14. The van der Waals surface area contributed by atoms with E-state index < -0.39 is 0 Å². The van der Waals surface area contributed by atoms with Gasteiger partial charge in [0, 0.05) is 11.6 Å². The van der Waals surface area contributed by atoms with Crippen molar-refractivity contribution in [3.05, 3.63) is 34.9 Å². The Hall–Kier alpha value is -1.10. The minimum absolute atomic E-state index is 0.0440. The first-order valence-electron chi connectivity index (χ1n) is 7.07. The molecule has 110 valence electrons. The molecule has 1 amide bonds.